The van der Waals surface area contributed by atoms with Gasteiger partial charge in [0.2, 0.25) is 0 Å². The Kier molecular flexibility index (Phi) is 20.5. The Labute approximate surface area is 210 Å². The molecule has 0 bridgehead atoms. The van der Waals surface area contributed by atoms with Crippen molar-refractivity contribution in [2.24, 2.45) is 0 Å². The van der Waals surface area contributed by atoms with E-state index < -0.39 is 0 Å². The van der Waals surface area contributed by atoms with Crippen LogP contribution in [0.2, 0.25) is 0 Å². The zero-order valence-corrected chi connectivity index (χ0v) is 22.1. The number of phenols is 1. The molecule has 3 heteroatoms. The molecule has 0 fully saturated rings. The molecule has 0 radical (unpaired) electrons. The number of rotatable bonds is 23. The monoisotopic (exact) mass is 472 g/mol. The maximum absolute atomic E-state index is 11.8. The van der Waals surface area contributed by atoms with Gasteiger partial charge in [-0.25, -0.2) is 0 Å². The van der Waals surface area contributed by atoms with Gasteiger partial charge < -0.3 is 9.84 Å². The van der Waals surface area contributed by atoms with Gasteiger partial charge >= 0.3 is 5.97 Å². The number of unbranched alkanes of at least 4 members (excludes halogenated alkanes) is 18. The fourth-order valence-electron chi connectivity index (χ4n) is 4.33. The average Bonchev–Trinajstić information content (AvgIpc) is 2.84. The van der Waals surface area contributed by atoms with Crippen molar-refractivity contribution in [2.75, 3.05) is 6.61 Å². The molecule has 0 aliphatic carbocycles. The number of phenolic OH excluding ortho intramolecular Hbond substituents is 1. The van der Waals surface area contributed by atoms with Crippen molar-refractivity contribution in [1.29, 1.82) is 0 Å². The molecule has 0 aliphatic rings. The maximum atomic E-state index is 11.8. The lowest BCUT2D eigenvalue weighted by Crippen LogP contribution is -2.03. The minimum atomic E-state index is -0.109. The van der Waals surface area contributed by atoms with Gasteiger partial charge in [-0.15, -0.1) is 0 Å². The van der Waals surface area contributed by atoms with Crippen LogP contribution in [0.4, 0.5) is 0 Å². The van der Waals surface area contributed by atoms with Gasteiger partial charge in [-0.05, 0) is 30.2 Å². The highest BCUT2D eigenvalue weighted by Gasteiger charge is 2.01. The number of carbonyl (C=O) groups is 1. The highest BCUT2D eigenvalue weighted by atomic mass is 16.5. The summed E-state index contributed by atoms with van der Waals surface area (Å²) in [6.07, 6.45) is 30.0. The molecule has 0 saturated heterocycles. The molecule has 0 aliphatic heterocycles. The third kappa shape index (κ3) is 19.7. The van der Waals surface area contributed by atoms with Gasteiger partial charge in [0.15, 0.2) is 0 Å². The first-order chi connectivity index (χ1) is 16.7. The van der Waals surface area contributed by atoms with Crippen molar-refractivity contribution in [3.05, 3.63) is 35.9 Å². The van der Waals surface area contributed by atoms with E-state index in [4.69, 9.17) is 4.74 Å². The Hall–Kier alpha value is -1.77. The summed E-state index contributed by atoms with van der Waals surface area (Å²) in [5.74, 6) is 0.144. The lowest BCUT2D eigenvalue weighted by atomic mass is 10.0. The third-order valence-corrected chi connectivity index (χ3v) is 6.53. The standard InChI is InChI=1S/C31H52O3/c1-2-3-4-5-6-7-8-9-10-11-12-13-14-15-16-17-18-19-20-23-31(33)34-28-21-22-29-24-26-30(32)27-25-29/h21-22,24-27,32H,2-20,23,28H2,1H3. The van der Waals surface area contributed by atoms with Gasteiger partial charge in [-0.2, -0.15) is 0 Å². The molecule has 0 unspecified atom stereocenters. The molecule has 0 amide bonds. The van der Waals surface area contributed by atoms with E-state index in [1.807, 2.05) is 24.3 Å². The van der Waals surface area contributed by atoms with Crippen LogP contribution in [0.25, 0.3) is 6.08 Å². The first kappa shape index (κ1) is 30.3. The van der Waals surface area contributed by atoms with Crippen molar-refractivity contribution in [3.8, 4) is 5.75 Å². The Morgan fingerprint density at radius 1 is 0.676 bits per heavy atom. The predicted octanol–water partition coefficient (Wildman–Crippen LogP) is 9.77. The summed E-state index contributed by atoms with van der Waals surface area (Å²) in [6, 6.07) is 6.94. The van der Waals surface area contributed by atoms with Crippen LogP contribution in [0.5, 0.6) is 5.75 Å². The number of benzene rings is 1. The minimum absolute atomic E-state index is 0.109. The first-order valence-corrected chi connectivity index (χ1v) is 14.3. The van der Waals surface area contributed by atoms with Gasteiger partial charge in [0.25, 0.3) is 0 Å². The SMILES string of the molecule is CCCCCCCCCCCCCCCCCCCCCC(=O)OCC=Cc1ccc(O)cc1. The molecular weight excluding hydrogens is 420 g/mol. The van der Waals surface area contributed by atoms with Crippen molar-refractivity contribution < 1.29 is 14.6 Å². The van der Waals surface area contributed by atoms with Gasteiger partial charge in [-0.1, -0.05) is 141 Å². The molecule has 0 aromatic heterocycles. The summed E-state index contributed by atoms with van der Waals surface area (Å²) in [7, 11) is 0. The molecule has 0 atom stereocenters. The summed E-state index contributed by atoms with van der Waals surface area (Å²) in [5, 5.41) is 9.26. The third-order valence-electron chi connectivity index (χ3n) is 6.53. The van der Waals surface area contributed by atoms with Crippen LogP contribution in [0.15, 0.2) is 30.3 Å². The van der Waals surface area contributed by atoms with Gasteiger partial charge in [0, 0.05) is 6.42 Å². The molecule has 0 spiro atoms. The van der Waals surface area contributed by atoms with Crippen molar-refractivity contribution >= 4 is 12.0 Å². The number of hydrogen-bond donors (Lipinski definition) is 1. The maximum Gasteiger partial charge on any atom is 0.306 e. The van der Waals surface area contributed by atoms with Gasteiger partial charge in [0.05, 0.1) is 0 Å². The summed E-state index contributed by atoms with van der Waals surface area (Å²) < 4.78 is 5.25. The number of ether oxygens (including phenoxy) is 1. The molecule has 1 aromatic rings. The molecular formula is C31H52O3. The number of aromatic hydroxyl groups is 1. The van der Waals surface area contributed by atoms with Crippen molar-refractivity contribution in [1.82, 2.24) is 0 Å². The van der Waals surface area contributed by atoms with Crippen LogP contribution in [0, 0.1) is 0 Å². The summed E-state index contributed by atoms with van der Waals surface area (Å²) in [4.78, 5) is 11.8. The zero-order chi connectivity index (χ0) is 24.5. The van der Waals surface area contributed by atoms with E-state index in [1.54, 1.807) is 12.1 Å². The highest BCUT2D eigenvalue weighted by molar-refractivity contribution is 5.69. The lowest BCUT2D eigenvalue weighted by Gasteiger charge is -2.04. The number of carbonyl (C=O) groups excluding carboxylic acids is 1. The van der Waals surface area contributed by atoms with Crippen LogP contribution in [0.3, 0.4) is 0 Å². The Morgan fingerprint density at radius 3 is 1.53 bits per heavy atom. The molecule has 1 aromatic carbocycles. The molecule has 1 rings (SSSR count). The van der Waals surface area contributed by atoms with Gasteiger partial charge in [-0.3, -0.25) is 4.79 Å². The van der Waals surface area contributed by atoms with Gasteiger partial charge in [0.1, 0.15) is 12.4 Å². The quantitative estimate of drug-likeness (QED) is 0.127. The summed E-state index contributed by atoms with van der Waals surface area (Å²) in [5.41, 5.74) is 0.979. The van der Waals surface area contributed by atoms with E-state index in [2.05, 4.69) is 6.92 Å². The largest absolute Gasteiger partial charge is 0.508 e. The highest BCUT2D eigenvalue weighted by Crippen LogP contribution is 2.15. The summed E-state index contributed by atoms with van der Waals surface area (Å²) >= 11 is 0. The molecule has 1 N–H and O–H groups in total. The van der Waals surface area contributed by atoms with E-state index in [9.17, 15) is 9.90 Å². The lowest BCUT2D eigenvalue weighted by molar-refractivity contribution is -0.142. The summed E-state index contributed by atoms with van der Waals surface area (Å²) in [6.45, 7) is 2.59. The number of esters is 1. The second kappa shape index (κ2) is 23.0. The number of hydrogen-bond acceptors (Lipinski definition) is 3. The van der Waals surface area contributed by atoms with E-state index in [0.29, 0.717) is 13.0 Å². The Bertz CT molecular complexity index is 606. The zero-order valence-electron chi connectivity index (χ0n) is 22.1. The topological polar surface area (TPSA) is 46.5 Å². The Morgan fingerprint density at radius 2 is 1.09 bits per heavy atom. The van der Waals surface area contributed by atoms with Crippen molar-refractivity contribution in [2.45, 2.75) is 135 Å². The minimum Gasteiger partial charge on any atom is -0.508 e. The molecule has 0 saturated carbocycles. The first-order valence-electron chi connectivity index (χ1n) is 14.3. The molecule has 3 nitrogen and oxygen atoms in total. The molecule has 194 valence electrons. The van der Waals surface area contributed by atoms with Crippen LogP contribution in [-0.2, 0) is 9.53 Å². The van der Waals surface area contributed by atoms with E-state index in [0.717, 1.165) is 18.4 Å². The smallest absolute Gasteiger partial charge is 0.306 e. The van der Waals surface area contributed by atoms with E-state index >= 15 is 0 Å². The van der Waals surface area contributed by atoms with Crippen LogP contribution >= 0.6 is 0 Å². The molecule has 34 heavy (non-hydrogen) atoms. The van der Waals surface area contributed by atoms with Crippen LogP contribution in [0.1, 0.15) is 141 Å². The normalized spacial score (nSPS) is 11.3. The fourth-order valence-corrected chi connectivity index (χ4v) is 4.33. The average molecular weight is 473 g/mol. The van der Waals surface area contributed by atoms with Crippen LogP contribution < -0.4 is 0 Å². The van der Waals surface area contributed by atoms with E-state index in [1.165, 1.54) is 109 Å². The second-order valence-corrected chi connectivity index (χ2v) is 9.79. The van der Waals surface area contributed by atoms with E-state index in [-0.39, 0.29) is 11.7 Å². The van der Waals surface area contributed by atoms with Crippen molar-refractivity contribution in [3.63, 3.8) is 0 Å². The van der Waals surface area contributed by atoms with Crippen LogP contribution in [-0.4, -0.2) is 17.7 Å². The predicted molar refractivity (Wildman–Crippen MR) is 146 cm³/mol. The Balaban J connectivity index is 1.76. The second-order valence-electron chi connectivity index (χ2n) is 9.79. The fraction of sp³-hybridized carbons (Fsp3) is 0.710. The molecule has 0 heterocycles.